The molecule has 7 heteroatoms. The number of hydrogen-bond acceptors (Lipinski definition) is 2. The maximum absolute atomic E-state index is 11.1. The van der Waals surface area contributed by atoms with Crippen LogP contribution in [0.5, 0.6) is 11.5 Å². The van der Waals surface area contributed by atoms with Crippen molar-refractivity contribution in [2.75, 3.05) is 0 Å². The van der Waals surface area contributed by atoms with Crippen LogP contribution in [0.2, 0.25) is 0 Å². The molecule has 32 heavy (non-hydrogen) atoms. The first-order valence-electron chi connectivity index (χ1n) is 10.2. The fourth-order valence-corrected chi connectivity index (χ4v) is 4.18. The van der Waals surface area contributed by atoms with Crippen molar-refractivity contribution in [3.8, 4) is 28.3 Å². The largest absolute Gasteiger partial charge is 0.457 e. The molecule has 2 N–H and O–H groups in total. The smallest absolute Gasteiger partial charge is 0.390 e. The van der Waals surface area contributed by atoms with Crippen LogP contribution in [0.3, 0.4) is 0 Å². The Kier molecular flexibility index (Phi) is 6.19. The van der Waals surface area contributed by atoms with Crippen LogP contribution < -0.4 is 13.9 Å². The van der Waals surface area contributed by atoms with Crippen molar-refractivity contribution >= 4 is 7.60 Å². The van der Waals surface area contributed by atoms with Gasteiger partial charge in [-0.25, -0.2) is 0 Å². The van der Waals surface area contributed by atoms with Crippen LogP contribution in [0.25, 0.3) is 16.8 Å². The van der Waals surface area contributed by atoms with Gasteiger partial charge in [0, 0.05) is 36.4 Å². The van der Waals surface area contributed by atoms with E-state index in [1.807, 2.05) is 77.6 Å². The van der Waals surface area contributed by atoms with Gasteiger partial charge in [-0.2, -0.15) is 9.13 Å². The molecule has 6 nitrogen and oxygen atoms in total. The molecular weight excluding hydrogens is 423 g/mol. The van der Waals surface area contributed by atoms with Crippen molar-refractivity contribution in [3.63, 3.8) is 0 Å². The Morgan fingerprint density at radius 3 is 1.81 bits per heavy atom. The lowest BCUT2D eigenvalue weighted by molar-refractivity contribution is -0.679. The Hall–Kier alpha value is -3.31. The maximum Gasteiger partial charge on any atom is 0.390 e. The third-order valence-corrected chi connectivity index (χ3v) is 5.66. The van der Waals surface area contributed by atoms with Gasteiger partial charge in [-0.15, -0.1) is 0 Å². The number of nitrogens with zero attached hydrogens (tertiary/aromatic N) is 2. The fraction of sp³-hybridized carbons (Fsp3) is 0.120. The molecule has 162 valence electrons. The third kappa shape index (κ3) is 5.68. The lowest BCUT2D eigenvalue weighted by atomic mass is 10.1. The summed E-state index contributed by atoms with van der Waals surface area (Å²) in [5, 5.41) is 0. The second-order valence-electron chi connectivity index (χ2n) is 7.82. The summed E-state index contributed by atoms with van der Waals surface area (Å²) in [6.07, 6.45) is 6.97. The highest BCUT2D eigenvalue weighted by molar-refractivity contribution is 7.50. The van der Waals surface area contributed by atoms with E-state index in [-0.39, 0.29) is 6.29 Å². The predicted molar refractivity (Wildman–Crippen MR) is 122 cm³/mol. The van der Waals surface area contributed by atoms with Gasteiger partial charge in [0.2, 0.25) is 12.0 Å². The van der Waals surface area contributed by atoms with E-state index in [9.17, 15) is 4.57 Å². The molecule has 0 radical (unpaired) electrons. The molecule has 4 rings (SSSR count). The van der Waals surface area contributed by atoms with E-state index >= 15 is 0 Å². The van der Waals surface area contributed by atoms with E-state index < -0.39 is 7.60 Å². The fourth-order valence-electron chi connectivity index (χ4n) is 3.56. The normalized spacial score (nSPS) is 11.4. The zero-order chi connectivity index (χ0) is 22.7. The molecule has 0 fully saturated rings. The van der Waals surface area contributed by atoms with E-state index in [0.717, 1.165) is 28.3 Å². The lowest BCUT2D eigenvalue weighted by Crippen LogP contribution is -2.32. The van der Waals surface area contributed by atoms with Crippen LogP contribution in [0, 0.1) is 13.8 Å². The molecule has 2 heterocycles. The van der Waals surface area contributed by atoms with E-state index in [4.69, 9.17) is 14.5 Å². The summed E-state index contributed by atoms with van der Waals surface area (Å²) in [6.45, 7) is 4.11. The Morgan fingerprint density at radius 2 is 1.28 bits per heavy atom. The van der Waals surface area contributed by atoms with E-state index in [0.29, 0.717) is 0 Å². The molecule has 0 aliphatic heterocycles. The van der Waals surface area contributed by atoms with Crippen molar-refractivity contribution in [1.29, 1.82) is 0 Å². The van der Waals surface area contributed by atoms with Gasteiger partial charge in [0.1, 0.15) is 11.5 Å². The summed E-state index contributed by atoms with van der Waals surface area (Å²) in [4.78, 5) is 18.2. The number of rotatable bonds is 6. The summed E-state index contributed by atoms with van der Waals surface area (Å²) in [7, 11) is -4.09. The van der Waals surface area contributed by atoms with Crippen molar-refractivity contribution < 1.29 is 28.2 Å². The predicted octanol–water partition coefficient (Wildman–Crippen LogP) is 4.46. The van der Waals surface area contributed by atoms with Crippen LogP contribution in [-0.4, -0.2) is 9.79 Å². The highest BCUT2D eigenvalue weighted by Gasteiger charge is 2.19. The van der Waals surface area contributed by atoms with Gasteiger partial charge in [-0.3, -0.25) is 4.57 Å². The molecule has 4 aromatic rings. The Balaban J connectivity index is 1.46. The molecule has 0 bridgehead atoms. The average Bonchev–Trinajstić information content (AvgIpc) is 2.73. The van der Waals surface area contributed by atoms with Crippen molar-refractivity contribution in [1.82, 2.24) is 0 Å². The van der Waals surface area contributed by atoms with Gasteiger partial charge in [0.05, 0.1) is 0 Å². The molecule has 0 amide bonds. The SMILES string of the molecule is Cc1cc(C)cc(Oc2ccc(-[n+]3ccc(-c4cc[n+](CP(=O)(O)O)cc4)cc3)cc2)c1. The van der Waals surface area contributed by atoms with Crippen LogP contribution in [-0.2, 0) is 10.9 Å². The Labute approximate surface area is 187 Å². The molecular formula is C25H25N2O4P+2. The number of ether oxygens (including phenoxy) is 1. The summed E-state index contributed by atoms with van der Waals surface area (Å²) in [5.41, 5.74) is 5.33. The van der Waals surface area contributed by atoms with E-state index in [1.54, 1.807) is 12.4 Å². The van der Waals surface area contributed by atoms with Crippen molar-refractivity contribution in [3.05, 3.63) is 103 Å². The van der Waals surface area contributed by atoms with Crippen molar-refractivity contribution in [2.45, 2.75) is 20.1 Å². The summed E-state index contributed by atoms with van der Waals surface area (Å²) < 4.78 is 20.6. The van der Waals surface area contributed by atoms with E-state index in [1.165, 1.54) is 15.7 Å². The number of aryl methyl sites for hydroxylation is 2. The zero-order valence-corrected chi connectivity index (χ0v) is 18.8. The van der Waals surface area contributed by atoms with Gasteiger partial charge < -0.3 is 14.5 Å². The molecule has 0 saturated carbocycles. The first kappa shape index (κ1) is 21.9. The Bertz CT molecular complexity index is 1240. The first-order chi connectivity index (χ1) is 15.2. The minimum atomic E-state index is -4.09. The molecule has 0 saturated heterocycles. The molecule has 0 unspecified atom stereocenters. The van der Waals surface area contributed by atoms with Gasteiger partial charge in [0.25, 0.3) is 0 Å². The average molecular weight is 448 g/mol. The number of aromatic nitrogens is 2. The highest BCUT2D eigenvalue weighted by Crippen LogP contribution is 2.33. The summed E-state index contributed by atoms with van der Waals surface area (Å²) in [6, 6.07) is 21.8. The van der Waals surface area contributed by atoms with Gasteiger partial charge in [-0.05, 0) is 60.4 Å². The van der Waals surface area contributed by atoms with Crippen molar-refractivity contribution in [2.24, 2.45) is 0 Å². The summed E-state index contributed by atoms with van der Waals surface area (Å²) >= 11 is 0. The van der Waals surface area contributed by atoms with Crippen LogP contribution in [0.15, 0.2) is 91.5 Å². The molecule has 0 aliphatic rings. The van der Waals surface area contributed by atoms with Crippen LogP contribution in [0.4, 0.5) is 0 Å². The molecule has 2 aromatic heterocycles. The zero-order valence-electron chi connectivity index (χ0n) is 17.9. The molecule has 0 spiro atoms. The number of hydrogen-bond donors (Lipinski definition) is 2. The minimum absolute atomic E-state index is 0.328. The quantitative estimate of drug-likeness (QED) is 0.337. The van der Waals surface area contributed by atoms with Gasteiger partial charge >= 0.3 is 7.60 Å². The Morgan fingerprint density at radius 1 is 0.750 bits per heavy atom. The second-order valence-corrected chi connectivity index (χ2v) is 9.43. The molecule has 2 aromatic carbocycles. The van der Waals surface area contributed by atoms with Crippen LogP contribution in [0.1, 0.15) is 11.1 Å². The standard InChI is InChI=1S/C25H23N2O4P/c1-19-15-20(2)17-25(16-19)31-24-5-3-23(4-6-24)27-13-9-22(10-14-27)21-7-11-26(12-8-21)18-32(28,29)30/h3-17H,18H2,1-2H3/p+2. The number of pyridine rings is 2. The van der Waals surface area contributed by atoms with Gasteiger partial charge in [0.15, 0.2) is 24.8 Å². The monoisotopic (exact) mass is 448 g/mol. The third-order valence-electron chi connectivity index (χ3n) is 4.97. The van der Waals surface area contributed by atoms with Crippen LogP contribution >= 0.6 is 7.60 Å². The lowest BCUT2D eigenvalue weighted by Gasteiger charge is -2.08. The van der Waals surface area contributed by atoms with E-state index in [2.05, 4.69) is 19.9 Å². The topological polar surface area (TPSA) is 74.5 Å². The highest BCUT2D eigenvalue weighted by atomic mass is 31.2. The maximum atomic E-state index is 11.1. The molecule has 0 atom stereocenters. The number of benzene rings is 2. The second kappa shape index (κ2) is 9.05. The first-order valence-corrected chi connectivity index (χ1v) is 12.0. The molecule has 0 aliphatic carbocycles. The van der Waals surface area contributed by atoms with Gasteiger partial charge in [-0.1, -0.05) is 6.07 Å². The summed E-state index contributed by atoms with van der Waals surface area (Å²) in [5.74, 6) is 1.61. The minimum Gasteiger partial charge on any atom is -0.457 e.